The summed E-state index contributed by atoms with van der Waals surface area (Å²) >= 11 is 5.82. The number of methoxy groups -OCH3 is 1. The normalized spacial score (nSPS) is 17.1. The van der Waals surface area contributed by atoms with Crippen molar-refractivity contribution in [2.24, 2.45) is 5.41 Å². The molecule has 0 atom stereocenters. The zero-order valence-corrected chi connectivity index (χ0v) is 10.3. The van der Waals surface area contributed by atoms with Crippen LogP contribution in [0.15, 0.2) is 18.3 Å². The van der Waals surface area contributed by atoms with Crippen LogP contribution in [0.5, 0.6) is 0 Å². The zero-order chi connectivity index (χ0) is 11.4. The number of nitrogens with zero attached hydrogens (tertiary/aromatic N) is 1. The van der Waals surface area contributed by atoms with Crippen LogP contribution in [-0.4, -0.2) is 25.2 Å². The lowest BCUT2D eigenvalue weighted by atomic mass is 10.0. The van der Waals surface area contributed by atoms with Gasteiger partial charge in [-0.05, 0) is 36.8 Å². The van der Waals surface area contributed by atoms with Crippen LogP contribution in [0.1, 0.15) is 19.3 Å². The van der Waals surface area contributed by atoms with E-state index >= 15 is 0 Å². The van der Waals surface area contributed by atoms with Gasteiger partial charge in [0.1, 0.15) is 5.15 Å². The molecule has 1 heterocycles. The van der Waals surface area contributed by atoms with E-state index in [-0.39, 0.29) is 0 Å². The van der Waals surface area contributed by atoms with Gasteiger partial charge in [0.25, 0.3) is 0 Å². The molecule has 1 aliphatic rings. The molecule has 1 N–H and O–H groups in total. The Morgan fingerprint density at radius 2 is 2.38 bits per heavy atom. The molecule has 3 nitrogen and oxygen atoms in total. The van der Waals surface area contributed by atoms with Gasteiger partial charge in [-0.25, -0.2) is 4.98 Å². The minimum atomic E-state index is 0.450. The Balaban J connectivity index is 1.83. The summed E-state index contributed by atoms with van der Waals surface area (Å²) in [6.45, 7) is 1.84. The number of ether oxygens (including phenoxy) is 1. The van der Waals surface area contributed by atoms with E-state index in [9.17, 15) is 0 Å². The molecule has 1 fully saturated rings. The summed E-state index contributed by atoms with van der Waals surface area (Å²) in [5.74, 6) is 0. The van der Waals surface area contributed by atoms with Crippen LogP contribution in [0.4, 0.5) is 5.69 Å². The van der Waals surface area contributed by atoms with Crippen molar-refractivity contribution in [2.75, 3.05) is 25.6 Å². The molecule has 0 unspecified atom stereocenters. The van der Waals surface area contributed by atoms with Crippen LogP contribution >= 0.6 is 11.6 Å². The maximum absolute atomic E-state index is 5.82. The molecule has 2 rings (SSSR count). The summed E-state index contributed by atoms with van der Waals surface area (Å²) in [4.78, 5) is 3.95. The molecule has 0 radical (unpaired) electrons. The fraction of sp³-hybridized carbons (Fsp3) is 0.583. The summed E-state index contributed by atoms with van der Waals surface area (Å²) < 4.78 is 5.13. The minimum absolute atomic E-state index is 0.450. The molecule has 1 aliphatic carbocycles. The lowest BCUT2D eigenvalue weighted by molar-refractivity contribution is 0.175. The predicted molar refractivity (Wildman–Crippen MR) is 65.9 cm³/mol. The molecule has 0 bridgehead atoms. The predicted octanol–water partition coefficient (Wildman–Crippen LogP) is 2.96. The first-order valence-corrected chi connectivity index (χ1v) is 5.96. The van der Waals surface area contributed by atoms with E-state index in [1.807, 2.05) is 12.1 Å². The third-order valence-electron chi connectivity index (χ3n) is 3.19. The molecule has 0 amide bonds. The van der Waals surface area contributed by atoms with Crippen LogP contribution in [-0.2, 0) is 4.74 Å². The average Bonchev–Trinajstić information content (AvgIpc) is 3.05. The van der Waals surface area contributed by atoms with Gasteiger partial charge in [-0.3, -0.25) is 0 Å². The van der Waals surface area contributed by atoms with Crippen LogP contribution in [0.25, 0.3) is 0 Å². The fourth-order valence-electron chi connectivity index (χ4n) is 1.81. The zero-order valence-electron chi connectivity index (χ0n) is 9.50. The smallest absolute Gasteiger partial charge is 0.131 e. The highest BCUT2D eigenvalue weighted by atomic mass is 35.5. The van der Waals surface area contributed by atoms with Crippen LogP contribution < -0.4 is 5.32 Å². The molecule has 1 aromatic heterocycles. The van der Waals surface area contributed by atoms with Gasteiger partial charge in [0.2, 0.25) is 0 Å². The number of pyridine rings is 1. The van der Waals surface area contributed by atoms with Crippen LogP contribution in [0.2, 0.25) is 5.15 Å². The highest BCUT2D eigenvalue weighted by molar-refractivity contribution is 6.29. The van der Waals surface area contributed by atoms with Gasteiger partial charge in [-0.1, -0.05) is 11.6 Å². The van der Waals surface area contributed by atoms with E-state index < -0.39 is 0 Å². The largest absolute Gasteiger partial charge is 0.385 e. The van der Waals surface area contributed by atoms with E-state index in [4.69, 9.17) is 16.3 Å². The van der Waals surface area contributed by atoms with E-state index in [2.05, 4.69) is 10.3 Å². The number of hydrogen-bond acceptors (Lipinski definition) is 3. The maximum Gasteiger partial charge on any atom is 0.131 e. The number of aromatic nitrogens is 1. The second-order valence-corrected chi connectivity index (χ2v) is 4.85. The Labute approximate surface area is 101 Å². The summed E-state index contributed by atoms with van der Waals surface area (Å²) in [6, 6.07) is 3.80. The van der Waals surface area contributed by atoms with Gasteiger partial charge in [0, 0.05) is 32.1 Å². The lowest BCUT2D eigenvalue weighted by Crippen LogP contribution is -2.17. The van der Waals surface area contributed by atoms with Gasteiger partial charge in [0.15, 0.2) is 0 Å². The fourth-order valence-corrected chi connectivity index (χ4v) is 1.99. The second kappa shape index (κ2) is 5.02. The van der Waals surface area contributed by atoms with E-state index in [0.29, 0.717) is 10.6 Å². The van der Waals surface area contributed by atoms with Crippen molar-refractivity contribution in [3.63, 3.8) is 0 Å². The first-order valence-electron chi connectivity index (χ1n) is 5.58. The van der Waals surface area contributed by atoms with Crippen molar-refractivity contribution in [2.45, 2.75) is 19.3 Å². The average molecular weight is 241 g/mol. The summed E-state index contributed by atoms with van der Waals surface area (Å²) in [5.41, 5.74) is 1.50. The Morgan fingerprint density at radius 1 is 1.56 bits per heavy atom. The van der Waals surface area contributed by atoms with E-state index in [1.165, 1.54) is 12.8 Å². The van der Waals surface area contributed by atoms with Gasteiger partial charge < -0.3 is 10.1 Å². The topological polar surface area (TPSA) is 34.1 Å². The number of nitrogens with one attached hydrogen (secondary N) is 1. The monoisotopic (exact) mass is 240 g/mol. The van der Waals surface area contributed by atoms with E-state index in [0.717, 1.165) is 25.3 Å². The molecule has 16 heavy (non-hydrogen) atoms. The standard InChI is InChI=1S/C12H17ClN2O/c1-16-7-5-12(3-4-12)9-15-10-2-6-14-11(13)8-10/h2,6,8H,3-5,7,9H2,1H3,(H,14,15). The molecule has 4 heteroatoms. The Hall–Kier alpha value is -0.800. The van der Waals surface area contributed by atoms with Gasteiger partial charge in [-0.15, -0.1) is 0 Å². The first kappa shape index (κ1) is 11.7. The van der Waals surface area contributed by atoms with Gasteiger partial charge in [0.05, 0.1) is 0 Å². The van der Waals surface area contributed by atoms with Gasteiger partial charge in [-0.2, -0.15) is 0 Å². The second-order valence-electron chi connectivity index (χ2n) is 4.46. The Kier molecular flexibility index (Phi) is 3.66. The van der Waals surface area contributed by atoms with Crippen molar-refractivity contribution >= 4 is 17.3 Å². The Bertz CT molecular complexity index is 353. The van der Waals surface area contributed by atoms with Crippen LogP contribution in [0, 0.1) is 5.41 Å². The van der Waals surface area contributed by atoms with Crippen molar-refractivity contribution < 1.29 is 4.74 Å². The molecule has 0 spiro atoms. The first-order chi connectivity index (χ1) is 7.74. The maximum atomic E-state index is 5.82. The number of rotatable bonds is 6. The molecular weight excluding hydrogens is 224 g/mol. The molecule has 1 saturated carbocycles. The van der Waals surface area contributed by atoms with Crippen molar-refractivity contribution in [1.82, 2.24) is 4.98 Å². The SMILES string of the molecule is COCCC1(CNc2ccnc(Cl)c2)CC1. The molecular formula is C12H17ClN2O. The summed E-state index contributed by atoms with van der Waals surface area (Å²) in [5, 5.41) is 3.95. The minimum Gasteiger partial charge on any atom is -0.385 e. The van der Waals surface area contributed by atoms with Crippen LogP contribution in [0.3, 0.4) is 0 Å². The van der Waals surface area contributed by atoms with Crippen molar-refractivity contribution in [1.29, 1.82) is 0 Å². The molecule has 0 saturated heterocycles. The summed E-state index contributed by atoms with van der Waals surface area (Å²) in [7, 11) is 1.76. The molecule has 1 aromatic rings. The molecule has 0 aromatic carbocycles. The van der Waals surface area contributed by atoms with Crippen molar-refractivity contribution in [3.8, 4) is 0 Å². The Morgan fingerprint density at radius 3 is 3.00 bits per heavy atom. The third-order valence-corrected chi connectivity index (χ3v) is 3.39. The van der Waals surface area contributed by atoms with Crippen molar-refractivity contribution in [3.05, 3.63) is 23.5 Å². The highest BCUT2D eigenvalue weighted by Crippen LogP contribution is 2.48. The molecule has 0 aliphatic heterocycles. The summed E-state index contributed by atoms with van der Waals surface area (Å²) in [6.07, 6.45) is 5.44. The van der Waals surface area contributed by atoms with Gasteiger partial charge >= 0.3 is 0 Å². The number of hydrogen-bond donors (Lipinski definition) is 1. The van der Waals surface area contributed by atoms with E-state index in [1.54, 1.807) is 13.3 Å². The third kappa shape index (κ3) is 3.09. The highest BCUT2D eigenvalue weighted by Gasteiger charge is 2.41. The quantitative estimate of drug-likeness (QED) is 0.777. The lowest BCUT2D eigenvalue weighted by Gasteiger charge is -2.16. The number of anilines is 1. The molecule has 88 valence electrons. The number of halogens is 1.